The van der Waals surface area contributed by atoms with Crippen LogP contribution in [-0.2, 0) is 0 Å². The standard InChI is InChI=1S/C12H7BrO3S/c1-15-11-10-6(4-5-16-10)9(13)7-2-3-8(14)17-12(7)11/h2-5H,1H3. The van der Waals surface area contributed by atoms with Crippen LogP contribution < -0.4 is 9.48 Å². The minimum atomic E-state index is -0.00592. The van der Waals surface area contributed by atoms with Crippen LogP contribution >= 0.6 is 27.3 Å². The molecule has 17 heavy (non-hydrogen) atoms. The molecule has 0 radical (unpaired) electrons. The van der Waals surface area contributed by atoms with E-state index in [0.29, 0.717) is 11.3 Å². The fourth-order valence-electron chi connectivity index (χ4n) is 1.85. The summed E-state index contributed by atoms with van der Waals surface area (Å²) in [7, 11) is 1.58. The van der Waals surface area contributed by atoms with E-state index < -0.39 is 0 Å². The summed E-state index contributed by atoms with van der Waals surface area (Å²) in [6, 6.07) is 5.23. The average molecular weight is 311 g/mol. The van der Waals surface area contributed by atoms with E-state index in [2.05, 4.69) is 15.9 Å². The SMILES string of the molecule is COc1c2occc2c(Br)c2ccc(=O)sc12. The maximum absolute atomic E-state index is 11.5. The Labute approximate surface area is 109 Å². The van der Waals surface area contributed by atoms with Gasteiger partial charge in [-0.15, -0.1) is 0 Å². The Hall–Kier alpha value is -1.33. The van der Waals surface area contributed by atoms with E-state index in [1.807, 2.05) is 6.07 Å². The summed E-state index contributed by atoms with van der Waals surface area (Å²) < 4.78 is 12.5. The number of fused-ring (bicyclic) bond motifs is 2. The Morgan fingerprint density at radius 1 is 1.29 bits per heavy atom. The second-order valence-corrected chi connectivity index (χ2v) is 5.32. The molecule has 0 amide bonds. The first-order valence-corrected chi connectivity index (χ1v) is 6.50. The lowest BCUT2D eigenvalue weighted by Gasteiger charge is -2.07. The molecule has 0 saturated heterocycles. The molecule has 0 atom stereocenters. The lowest BCUT2D eigenvalue weighted by atomic mass is 10.2. The summed E-state index contributed by atoms with van der Waals surface area (Å²) in [6.07, 6.45) is 1.61. The number of rotatable bonds is 1. The van der Waals surface area contributed by atoms with Crippen molar-refractivity contribution in [2.24, 2.45) is 0 Å². The first kappa shape index (κ1) is 10.8. The van der Waals surface area contributed by atoms with Crippen LogP contribution in [0.25, 0.3) is 21.1 Å². The lowest BCUT2D eigenvalue weighted by Crippen LogP contribution is -1.92. The summed E-state index contributed by atoms with van der Waals surface area (Å²) in [5.74, 6) is 0.617. The minimum absolute atomic E-state index is 0.00592. The van der Waals surface area contributed by atoms with Crippen LogP contribution in [0, 0.1) is 0 Å². The number of methoxy groups -OCH3 is 1. The molecule has 0 unspecified atom stereocenters. The summed E-state index contributed by atoms with van der Waals surface area (Å²) >= 11 is 4.69. The van der Waals surface area contributed by atoms with Crippen molar-refractivity contribution in [2.75, 3.05) is 7.11 Å². The van der Waals surface area contributed by atoms with Gasteiger partial charge in [-0.3, -0.25) is 4.79 Å². The first-order valence-electron chi connectivity index (χ1n) is 4.89. The van der Waals surface area contributed by atoms with Gasteiger partial charge in [0.25, 0.3) is 0 Å². The monoisotopic (exact) mass is 310 g/mol. The van der Waals surface area contributed by atoms with Gasteiger partial charge in [0.15, 0.2) is 11.3 Å². The minimum Gasteiger partial charge on any atom is -0.491 e. The van der Waals surface area contributed by atoms with E-state index in [0.717, 1.165) is 31.3 Å². The predicted octanol–water partition coefficient (Wildman–Crippen LogP) is 3.78. The van der Waals surface area contributed by atoms with Crippen LogP contribution in [0.2, 0.25) is 0 Å². The average Bonchev–Trinajstić information content (AvgIpc) is 2.79. The van der Waals surface area contributed by atoms with Crippen LogP contribution in [0.3, 0.4) is 0 Å². The van der Waals surface area contributed by atoms with Gasteiger partial charge in [0.2, 0.25) is 4.74 Å². The maximum atomic E-state index is 11.5. The van der Waals surface area contributed by atoms with Gasteiger partial charge in [-0.2, -0.15) is 0 Å². The van der Waals surface area contributed by atoms with Gasteiger partial charge in [-0.05, 0) is 34.1 Å². The number of hydrogen-bond acceptors (Lipinski definition) is 4. The third kappa shape index (κ3) is 1.50. The van der Waals surface area contributed by atoms with Crippen LogP contribution in [-0.4, -0.2) is 7.11 Å². The molecule has 2 aromatic heterocycles. The second kappa shape index (κ2) is 3.85. The van der Waals surface area contributed by atoms with Crippen molar-refractivity contribution in [3.63, 3.8) is 0 Å². The maximum Gasteiger partial charge on any atom is 0.233 e. The number of ether oxygens (including phenoxy) is 1. The molecule has 3 rings (SSSR count). The van der Waals surface area contributed by atoms with Gasteiger partial charge in [-0.25, -0.2) is 0 Å². The number of halogens is 1. The molecule has 3 aromatic rings. The highest BCUT2D eigenvalue weighted by Crippen LogP contribution is 2.42. The third-order valence-electron chi connectivity index (χ3n) is 2.59. The van der Waals surface area contributed by atoms with E-state index in [1.165, 1.54) is 0 Å². The van der Waals surface area contributed by atoms with Crippen molar-refractivity contribution in [1.29, 1.82) is 0 Å². The third-order valence-corrected chi connectivity index (χ3v) is 4.39. The van der Waals surface area contributed by atoms with Crippen LogP contribution in [0.4, 0.5) is 0 Å². The van der Waals surface area contributed by atoms with Crippen molar-refractivity contribution < 1.29 is 9.15 Å². The van der Waals surface area contributed by atoms with Gasteiger partial charge in [0.1, 0.15) is 0 Å². The quantitative estimate of drug-likeness (QED) is 0.686. The summed E-state index contributed by atoms with van der Waals surface area (Å²) in [6.45, 7) is 0. The lowest BCUT2D eigenvalue weighted by molar-refractivity contribution is 0.415. The van der Waals surface area contributed by atoms with Gasteiger partial charge in [0, 0.05) is 15.2 Å². The zero-order valence-electron chi connectivity index (χ0n) is 8.82. The van der Waals surface area contributed by atoms with Gasteiger partial charge < -0.3 is 9.15 Å². The molecule has 0 aliphatic carbocycles. The Morgan fingerprint density at radius 2 is 2.12 bits per heavy atom. The zero-order valence-corrected chi connectivity index (χ0v) is 11.2. The highest BCUT2D eigenvalue weighted by molar-refractivity contribution is 9.10. The normalized spacial score (nSPS) is 11.2. The fourth-order valence-corrected chi connectivity index (χ4v) is 3.51. The summed E-state index contributed by atoms with van der Waals surface area (Å²) in [5.41, 5.74) is 0.661. The van der Waals surface area contributed by atoms with Crippen molar-refractivity contribution >= 4 is 48.3 Å². The molecule has 1 aromatic carbocycles. The van der Waals surface area contributed by atoms with Crippen molar-refractivity contribution in [3.05, 3.63) is 38.5 Å². The Kier molecular flexibility index (Phi) is 2.45. The molecule has 2 heterocycles. The predicted molar refractivity (Wildman–Crippen MR) is 72.1 cm³/mol. The Morgan fingerprint density at radius 3 is 2.88 bits per heavy atom. The van der Waals surface area contributed by atoms with Gasteiger partial charge in [-0.1, -0.05) is 11.3 Å². The highest BCUT2D eigenvalue weighted by atomic mass is 79.9. The fraction of sp³-hybridized carbons (Fsp3) is 0.0833. The smallest absolute Gasteiger partial charge is 0.233 e. The molecule has 86 valence electrons. The molecule has 0 spiro atoms. The van der Waals surface area contributed by atoms with E-state index in [1.54, 1.807) is 25.5 Å². The highest BCUT2D eigenvalue weighted by Gasteiger charge is 2.16. The molecule has 0 aliphatic rings. The van der Waals surface area contributed by atoms with E-state index in [4.69, 9.17) is 9.15 Å². The molecule has 0 N–H and O–H groups in total. The molecule has 5 heteroatoms. The van der Waals surface area contributed by atoms with Crippen LogP contribution in [0.1, 0.15) is 0 Å². The molecule has 0 bridgehead atoms. The number of hydrogen-bond donors (Lipinski definition) is 0. The molecule has 0 aliphatic heterocycles. The first-order chi connectivity index (χ1) is 8.22. The molecular formula is C12H7BrO3S. The topological polar surface area (TPSA) is 39.4 Å². The largest absolute Gasteiger partial charge is 0.491 e. The number of benzene rings is 1. The van der Waals surface area contributed by atoms with Crippen LogP contribution in [0.5, 0.6) is 5.75 Å². The van der Waals surface area contributed by atoms with E-state index >= 15 is 0 Å². The molecule has 0 saturated carbocycles. The summed E-state index contributed by atoms with van der Waals surface area (Å²) in [5, 5.41) is 1.90. The number of furan rings is 1. The van der Waals surface area contributed by atoms with E-state index in [-0.39, 0.29) is 4.74 Å². The molecule has 3 nitrogen and oxygen atoms in total. The second-order valence-electron chi connectivity index (χ2n) is 3.51. The molecular weight excluding hydrogens is 304 g/mol. The summed E-state index contributed by atoms with van der Waals surface area (Å²) in [4.78, 5) is 11.5. The van der Waals surface area contributed by atoms with Crippen LogP contribution in [0.15, 0.2) is 38.1 Å². The Balaban J connectivity index is 2.66. The Bertz CT molecular complexity index is 772. The zero-order chi connectivity index (χ0) is 12.0. The van der Waals surface area contributed by atoms with Crippen molar-refractivity contribution in [1.82, 2.24) is 0 Å². The van der Waals surface area contributed by atoms with E-state index in [9.17, 15) is 4.79 Å². The van der Waals surface area contributed by atoms with Gasteiger partial charge in [0.05, 0.1) is 18.1 Å². The van der Waals surface area contributed by atoms with Gasteiger partial charge >= 0.3 is 0 Å². The van der Waals surface area contributed by atoms with Crippen molar-refractivity contribution in [3.8, 4) is 5.75 Å². The molecule has 0 fully saturated rings. The van der Waals surface area contributed by atoms with Crippen molar-refractivity contribution in [2.45, 2.75) is 0 Å².